The van der Waals surface area contributed by atoms with E-state index in [2.05, 4.69) is 59.4 Å². The van der Waals surface area contributed by atoms with Gasteiger partial charge in [-0.05, 0) is 49.6 Å². The molecule has 0 spiro atoms. The molecule has 0 aliphatic carbocycles. The number of aryl methyl sites for hydroxylation is 1. The van der Waals surface area contributed by atoms with Crippen LogP contribution >= 0.6 is 15.9 Å². The molecule has 0 heterocycles. The van der Waals surface area contributed by atoms with Crippen LogP contribution in [0.15, 0.2) is 46.9 Å². The van der Waals surface area contributed by atoms with Crippen LogP contribution in [0.25, 0.3) is 0 Å². The molecule has 0 saturated heterocycles. The van der Waals surface area contributed by atoms with Crippen molar-refractivity contribution < 1.29 is 4.39 Å². The number of benzene rings is 2. The summed E-state index contributed by atoms with van der Waals surface area (Å²) in [7, 11) is 0. The molecule has 2 rings (SSSR count). The smallest absolute Gasteiger partial charge is 0.124 e. The summed E-state index contributed by atoms with van der Waals surface area (Å²) < 4.78 is 14.0. The monoisotopic (exact) mass is 349 g/mol. The van der Waals surface area contributed by atoms with Crippen molar-refractivity contribution in [2.24, 2.45) is 0 Å². The molecule has 3 heteroatoms. The Morgan fingerprint density at radius 2 is 2.00 bits per heavy atom. The van der Waals surface area contributed by atoms with Gasteiger partial charge in [-0.25, -0.2) is 4.39 Å². The van der Waals surface area contributed by atoms with Crippen LogP contribution < -0.4 is 5.32 Å². The summed E-state index contributed by atoms with van der Waals surface area (Å²) in [6.45, 7) is 5.24. The molecule has 21 heavy (non-hydrogen) atoms. The number of hydrogen-bond donors (Lipinski definition) is 1. The van der Waals surface area contributed by atoms with Crippen molar-refractivity contribution in [1.82, 2.24) is 5.32 Å². The van der Waals surface area contributed by atoms with Crippen molar-refractivity contribution in [3.05, 3.63) is 69.4 Å². The van der Waals surface area contributed by atoms with Gasteiger partial charge in [0.2, 0.25) is 0 Å². The first-order chi connectivity index (χ1) is 10.1. The Morgan fingerprint density at radius 3 is 2.67 bits per heavy atom. The van der Waals surface area contributed by atoms with Crippen molar-refractivity contribution in [3.8, 4) is 0 Å². The van der Waals surface area contributed by atoms with Crippen LogP contribution in [0.2, 0.25) is 0 Å². The maximum absolute atomic E-state index is 13.2. The lowest BCUT2D eigenvalue weighted by atomic mass is 9.97. The van der Waals surface area contributed by atoms with Crippen molar-refractivity contribution >= 4 is 15.9 Å². The number of rotatable bonds is 6. The molecule has 1 atom stereocenters. The maximum Gasteiger partial charge on any atom is 0.124 e. The summed E-state index contributed by atoms with van der Waals surface area (Å²) in [4.78, 5) is 0. The van der Waals surface area contributed by atoms with Gasteiger partial charge in [0.15, 0.2) is 0 Å². The zero-order chi connectivity index (χ0) is 15.2. The van der Waals surface area contributed by atoms with Crippen LogP contribution in [-0.4, -0.2) is 6.54 Å². The Morgan fingerprint density at radius 1 is 1.19 bits per heavy atom. The van der Waals surface area contributed by atoms with Gasteiger partial charge in [0.05, 0.1) is 0 Å². The number of hydrogen-bond acceptors (Lipinski definition) is 1. The van der Waals surface area contributed by atoms with Gasteiger partial charge < -0.3 is 5.32 Å². The Kier molecular flexibility index (Phi) is 5.95. The molecule has 2 aromatic carbocycles. The molecule has 0 fully saturated rings. The summed E-state index contributed by atoms with van der Waals surface area (Å²) in [6, 6.07) is 13.7. The normalized spacial score (nSPS) is 12.4. The van der Waals surface area contributed by atoms with Gasteiger partial charge in [0.1, 0.15) is 5.82 Å². The minimum Gasteiger partial charge on any atom is -0.310 e. The lowest BCUT2D eigenvalue weighted by Crippen LogP contribution is -2.24. The summed E-state index contributed by atoms with van der Waals surface area (Å²) in [5, 5.41) is 3.59. The zero-order valence-electron chi connectivity index (χ0n) is 12.5. The second-order valence-corrected chi connectivity index (χ2v) is 6.22. The lowest BCUT2D eigenvalue weighted by Gasteiger charge is -2.20. The van der Waals surface area contributed by atoms with E-state index in [1.807, 2.05) is 6.07 Å². The Labute approximate surface area is 134 Å². The summed E-state index contributed by atoms with van der Waals surface area (Å²) in [5.74, 6) is -0.209. The molecule has 2 aromatic rings. The third-order valence-corrected chi connectivity index (χ3v) is 4.26. The predicted molar refractivity (Wildman–Crippen MR) is 90.0 cm³/mol. The highest BCUT2D eigenvalue weighted by atomic mass is 79.9. The maximum atomic E-state index is 13.2. The van der Waals surface area contributed by atoms with E-state index in [-0.39, 0.29) is 11.9 Å². The fourth-order valence-corrected chi connectivity index (χ4v) is 2.93. The zero-order valence-corrected chi connectivity index (χ0v) is 14.1. The molecule has 1 N–H and O–H groups in total. The molecule has 1 unspecified atom stereocenters. The van der Waals surface area contributed by atoms with Gasteiger partial charge in [0.25, 0.3) is 0 Å². The second-order valence-electron chi connectivity index (χ2n) is 5.36. The van der Waals surface area contributed by atoms with Crippen LogP contribution in [0.4, 0.5) is 4.39 Å². The first kappa shape index (κ1) is 16.2. The van der Waals surface area contributed by atoms with Crippen LogP contribution in [0, 0.1) is 12.7 Å². The highest BCUT2D eigenvalue weighted by Gasteiger charge is 2.13. The minimum atomic E-state index is -0.209. The van der Waals surface area contributed by atoms with Crippen LogP contribution in [0.3, 0.4) is 0 Å². The van der Waals surface area contributed by atoms with Crippen LogP contribution in [0.5, 0.6) is 0 Å². The van der Waals surface area contributed by atoms with Gasteiger partial charge in [-0.15, -0.1) is 0 Å². The number of nitrogens with one attached hydrogen (secondary N) is 1. The third-order valence-electron chi connectivity index (χ3n) is 3.52. The minimum absolute atomic E-state index is 0.209. The third kappa shape index (κ3) is 4.65. The molecule has 1 nitrogen and oxygen atoms in total. The molecular formula is C18H21BrFN. The molecule has 0 amide bonds. The van der Waals surface area contributed by atoms with Crippen molar-refractivity contribution in [1.29, 1.82) is 0 Å². The first-order valence-corrected chi connectivity index (χ1v) is 8.13. The van der Waals surface area contributed by atoms with Crippen molar-refractivity contribution in [2.45, 2.75) is 32.7 Å². The quantitative estimate of drug-likeness (QED) is 0.757. The molecule has 0 aromatic heterocycles. The van der Waals surface area contributed by atoms with Gasteiger partial charge in [0, 0.05) is 10.5 Å². The summed E-state index contributed by atoms with van der Waals surface area (Å²) in [5.41, 5.74) is 3.65. The molecule has 0 aliphatic rings. The average molecular weight is 350 g/mol. The predicted octanol–water partition coefficient (Wildman–Crippen LogP) is 5.18. The van der Waals surface area contributed by atoms with Gasteiger partial charge >= 0.3 is 0 Å². The van der Waals surface area contributed by atoms with E-state index in [0.29, 0.717) is 0 Å². The van der Waals surface area contributed by atoms with Gasteiger partial charge in [-0.1, -0.05) is 58.7 Å². The number of halogens is 2. The Bertz CT molecular complexity index is 598. The van der Waals surface area contributed by atoms with E-state index in [1.165, 1.54) is 23.3 Å². The van der Waals surface area contributed by atoms with E-state index >= 15 is 0 Å². The molecular weight excluding hydrogens is 329 g/mol. The highest BCUT2D eigenvalue weighted by molar-refractivity contribution is 9.10. The van der Waals surface area contributed by atoms with E-state index < -0.39 is 0 Å². The Hall–Kier alpha value is -1.19. The summed E-state index contributed by atoms with van der Waals surface area (Å²) in [6.07, 6.45) is 1.93. The van der Waals surface area contributed by atoms with Gasteiger partial charge in [-0.3, -0.25) is 0 Å². The SMILES string of the molecule is CCCNC(Cc1ccc(F)cc1Br)c1cccc(C)c1. The van der Waals surface area contributed by atoms with E-state index in [9.17, 15) is 4.39 Å². The van der Waals surface area contributed by atoms with E-state index in [1.54, 1.807) is 0 Å². The fourth-order valence-electron chi connectivity index (χ4n) is 2.42. The molecule has 112 valence electrons. The topological polar surface area (TPSA) is 12.0 Å². The lowest BCUT2D eigenvalue weighted by molar-refractivity contribution is 0.527. The molecule has 0 saturated carbocycles. The summed E-state index contributed by atoms with van der Waals surface area (Å²) >= 11 is 3.46. The standard InChI is InChI=1S/C18H21BrFN/c1-3-9-21-18(15-6-4-5-13(2)10-15)11-14-7-8-16(20)12-17(14)19/h4-8,10,12,18,21H,3,9,11H2,1-2H3. The first-order valence-electron chi connectivity index (χ1n) is 7.34. The fraction of sp³-hybridized carbons (Fsp3) is 0.333. The average Bonchev–Trinajstić information content (AvgIpc) is 2.45. The van der Waals surface area contributed by atoms with Crippen molar-refractivity contribution in [2.75, 3.05) is 6.54 Å². The van der Waals surface area contributed by atoms with Crippen molar-refractivity contribution in [3.63, 3.8) is 0 Å². The molecule has 0 bridgehead atoms. The van der Waals surface area contributed by atoms with E-state index in [4.69, 9.17) is 0 Å². The van der Waals surface area contributed by atoms with E-state index in [0.717, 1.165) is 29.4 Å². The molecule has 0 radical (unpaired) electrons. The van der Waals surface area contributed by atoms with Crippen LogP contribution in [-0.2, 0) is 6.42 Å². The largest absolute Gasteiger partial charge is 0.310 e. The molecule has 0 aliphatic heterocycles. The van der Waals surface area contributed by atoms with Crippen LogP contribution in [0.1, 0.15) is 36.1 Å². The highest BCUT2D eigenvalue weighted by Crippen LogP contribution is 2.25. The van der Waals surface area contributed by atoms with Gasteiger partial charge in [-0.2, -0.15) is 0 Å². The Balaban J connectivity index is 2.23. The second kappa shape index (κ2) is 7.71.